The van der Waals surface area contributed by atoms with Crippen molar-refractivity contribution < 1.29 is 14.4 Å². The molecule has 6 heteroatoms. The van der Waals surface area contributed by atoms with Crippen molar-refractivity contribution >= 4 is 5.69 Å². The van der Waals surface area contributed by atoms with E-state index >= 15 is 0 Å². The topological polar surface area (TPSA) is 64.8 Å². The summed E-state index contributed by atoms with van der Waals surface area (Å²) in [6.45, 7) is 3.18. The number of hydrogen-bond donors (Lipinski definition) is 0. The summed E-state index contributed by atoms with van der Waals surface area (Å²) < 4.78 is 10.9. The molecule has 126 valence electrons. The van der Waals surface area contributed by atoms with Gasteiger partial charge in [-0.25, -0.2) is 0 Å². The van der Waals surface area contributed by atoms with Crippen molar-refractivity contribution in [3.05, 3.63) is 69.3 Å². The molecule has 3 rings (SSSR count). The molecule has 0 bridgehead atoms. The predicted molar refractivity (Wildman–Crippen MR) is 89.7 cm³/mol. The predicted octanol–water partition coefficient (Wildman–Crippen LogP) is 3.65. The van der Waals surface area contributed by atoms with E-state index in [0.29, 0.717) is 18.9 Å². The van der Waals surface area contributed by atoms with Crippen LogP contribution in [0.15, 0.2) is 42.5 Å². The first-order chi connectivity index (χ1) is 11.6. The average molecular weight is 328 g/mol. The summed E-state index contributed by atoms with van der Waals surface area (Å²) in [6, 6.07) is 13.5. The third-order valence-corrected chi connectivity index (χ3v) is 4.35. The fourth-order valence-corrected chi connectivity index (χ4v) is 2.90. The van der Waals surface area contributed by atoms with Crippen molar-refractivity contribution in [3.8, 4) is 5.75 Å². The number of rotatable bonds is 5. The first kappa shape index (κ1) is 16.4. The Morgan fingerprint density at radius 2 is 2.04 bits per heavy atom. The van der Waals surface area contributed by atoms with Gasteiger partial charge in [0.25, 0.3) is 5.69 Å². The van der Waals surface area contributed by atoms with Crippen LogP contribution in [0.3, 0.4) is 0 Å². The third-order valence-electron chi connectivity index (χ3n) is 4.35. The lowest BCUT2D eigenvalue weighted by Crippen LogP contribution is -2.23. The highest BCUT2D eigenvalue weighted by molar-refractivity contribution is 5.50. The lowest BCUT2D eigenvalue weighted by molar-refractivity contribution is -0.385. The van der Waals surface area contributed by atoms with Crippen LogP contribution in [0, 0.1) is 10.1 Å². The number of non-ortho nitro benzene ring substituents is 1. The summed E-state index contributed by atoms with van der Waals surface area (Å²) in [6.07, 6.45) is 0. The standard InChI is InChI=1S/C18H20N2O4/c1-13(14-6-4-3-5-7-14)19(2)10-15-8-17(20(21)22)9-16-11-23-12-24-18(15)16/h3-9,13H,10-12H2,1-2H3/t13-/m1/s1. The van der Waals surface area contributed by atoms with Crippen LogP contribution in [0.1, 0.15) is 29.7 Å². The highest BCUT2D eigenvalue weighted by atomic mass is 16.7. The fraction of sp³-hybridized carbons (Fsp3) is 0.333. The molecular formula is C18H20N2O4. The molecule has 0 aromatic heterocycles. The monoisotopic (exact) mass is 328 g/mol. The molecule has 6 nitrogen and oxygen atoms in total. The molecule has 0 N–H and O–H groups in total. The van der Waals surface area contributed by atoms with Crippen molar-refractivity contribution in [2.24, 2.45) is 0 Å². The Kier molecular flexibility index (Phi) is 4.78. The summed E-state index contributed by atoms with van der Waals surface area (Å²) in [5.74, 6) is 0.707. The van der Waals surface area contributed by atoms with E-state index in [0.717, 1.165) is 11.1 Å². The molecule has 24 heavy (non-hydrogen) atoms. The van der Waals surface area contributed by atoms with E-state index in [1.54, 1.807) is 6.07 Å². The van der Waals surface area contributed by atoms with Gasteiger partial charge < -0.3 is 9.47 Å². The highest BCUT2D eigenvalue weighted by Crippen LogP contribution is 2.34. The smallest absolute Gasteiger partial charge is 0.270 e. The van der Waals surface area contributed by atoms with Gasteiger partial charge >= 0.3 is 0 Å². The van der Waals surface area contributed by atoms with Crippen LogP contribution in [0.4, 0.5) is 5.69 Å². The van der Waals surface area contributed by atoms with E-state index < -0.39 is 0 Å². The zero-order valence-corrected chi connectivity index (χ0v) is 13.8. The van der Waals surface area contributed by atoms with Gasteiger partial charge in [0.05, 0.1) is 11.5 Å². The zero-order chi connectivity index (χ0) is 17.1. The van der Waals surface area contributed by atoms with Crippen LogP contribution < -0.4 is 4.74 Å². The molecule has 1 aliphatic heterocycles. The maximum Gasteiger partial charge on any atom is 0.270 e. The minimum absolute atomic E-state index is 0.0682. The van der Waals surface area contributed by atoms with Gasteiger partial charge in [-0.3, -0.25) is 15.0 Å². The zero-order valence-electron chi connectivity index (χ0n) is 13.8. The Hall–Kier alpha value is -2.44. The first-order valence-corrected chi connectivity index (χ1v) is 7.82. The number of benzene rings is 2. The molecule has 0 amide bonds. The summed E-state index contributed by atoms with van der Waals surface area (Å²) in [7, 11) is 2.00. The average Bonchev–Trinajstić information content (AvgIpc) is 2.61. The van der Waals surface area contributed by atoms with E-state index in [1.165, 1.54) is 11.6 Å². The molecule has 1 heterocycles. The lowest BCUT2D eigenvalue weighted by atomic mass is 10.0. The van der Waals surface area contributed by atoms with Crippen LogP contribution in [0.25, 0.3) is 0 Å². The number of fused-ring (bicyclic) bond motifs is 1. The van der Waals surface area contributed by atoms with Crippen molar-refractivity contribution in [1.29, 1.82) is 0 Å². The molecule has 0 saturated heterocycles. The Bertz CT molecular complexity index is 733. The normalized spacial score (nSPS) is 14.8. The molecule has 0 fully saturated rings. The van der Waals surface area contributed by atoms with E-state index in [1.807, 2.05) is 25.2 Å². The van der Waals surface area contributed by atoms with E-state index in [9.17, 15) is 10.1 Å². The Labute approximate surface area is 140 Å². The minimum Gasteiger partial charge on any atom is -0.467 e. The molecular weight excluding hydrogens is 308 g/mol. The van der Waals surface area contributed by atoms with Crippen LogP contribution in [-0.2, 0) is 17.9 Å². The van der Waals surface area contributed by atoms with Crippen LogP contribution in [0.5, 0.6) is 5.75 Å². The molecule has 2 aromatic carbocycles. The van der Waals surface area contributed by atoms with Gasteiger partial charge in [-0.15, -0.1) is 0 Å². The number of nitrogens with zero attached hydrogens (tertiary/aromatic N) is 2. The van der Waals surface area contributed by atoms with Crippen molar-refractivity contribution in [3.63, 3.8) is 0 Å². The number of nitro groups is 1. The molecule has 0 aliphatic carbocycles. The second kappa shape index (κ2) is 6.98. The molecule has 2 aromatic rings. The van der Waals surface area contributed by atoms with Crippen molar-refractivity contribution in [1.82, 2.24) is 4.90 Å². The molecule has 0 radical (unpaired) electrons. The number of nitro benzene ring substituents is 1. The van der Waals surface area contributed by atoms with Crippen LogP contribution in [-0.4, -0.2) is 23.7 Å². The van der Waals surface area contributed by atoms with Crippen molar-refractivity contribution in [2.75, 3.05) is 13.8 Å². The van der Waals surface area contributed by atoms with Crippen LogP contribution >= 0.6 is 0 Å². The van der Waals surface area contributed by atoms with E-state index in [2.05, 4.69) is 24.0 Å². The Balaban J connectivity index is 1.88. The van der Waals surface area contributed by atoms with Crippen LogP contribution in [0.2, 0.25) is 0 Å². The van der Waals surface area contributed by atoms with Gasteiger partial charge in [-0.1, -0.05) is 30.3 Å². The minimum atomic E-state index is -0.376. The van der Waals surface area contributed by atoms with Crippen molar-refractivity contribution in [2.45, 2.75) is 26.1 Å². The SMILES string of the molecule is C[C@H](c1ccccc1)N(C)Cc1cc([N+](=O)[O-])cc2c1OCOC2. The van der Waals surface area contributed by atoms with E-state index in [4.69, 9.17) is 9.47 Å². The summed E-state index contributed by atoms with van der Waals surface area (Å²) in [4.78, 5) is 13.0. The van der Waals surface area contributed by atoms with Gasteiger partial charge in [0, 0.05) is 35.8 Å². The third kappa shape index (κ3) is 3.39. The quantitative estimate of drug-likeness (QED) is 0.619. The molecule has 0 saturated carbocycles. The summed E-state index contributed by atoms with van der Waals surface area (Å²) in [5.41, 5.74) is 2.81. The largest absolute Gasteiger partial charge is 0.467 e. The van der Waals surface area contributed by atoms with E-state index in [-0.39, 0.29) is 23.4 Å². The Morgan fingerprint density at radius 3 is 2.75 bits per heavy atom. The lowest BCUT2D eigenvalue weighted by Gasteiger charge is -2.27. The maximum atomic E-state index is 11.2. The van der Waals surface area contributed by atoms with Gasteiger partial charge in [0.2, 0.25) is 0 Å². The van der Waals surface area contributed by atoms with Gasteiger partial charge in [0.15, 0.2) is 6.79 Å². The van der Waals surface area contributed by atoms with Gasteiger partial charge in [-0.05, 0) is 19.5 Å². The molecule has 0 spiro atoms. The molecule has 1 aliphatic rings. The summed E-state index contributed by atoms with van der Waals surface area (Å²) in [5, 5.41) is 11.2. The second-order valence-corrected chi connectivity index (χ2v) is 5.96. The molecule has 1 atom stereocenters. The maximum absolute atomic E-state index is 11.2. The van der Waals surface area contributed by atoms with Gasteiger partial charge in [0.1, 0.15) is 5.75 Å². The number of hydrogen-bond acceptors (Lipinski definition) is 5. The Morgan fingerprint density at radius 1 is 1.29 bits per heavy atom. The number of ether oxygens (including phenoxy) is 2. The highest BCUT2D eigenvalue weighted by Gasteiger charge is 2.23. The first-order valence-electron chi connectivity index (χ1n) is 7.82. The fourth-order valence-electron chi connectivity index (χ4n) is 2.90. The molecule has 0 unspecified atom stereocenters. The second-order valence-electron chi connectivity index (χ2n) is 5.96. The van der Waals surface area contributed by atoms with Gasteiger partial charge in [-0.2, -0.15) is 0 Å². The summed E-state index contributed by atoms with van der Waals surface area (Å²) >= 11 is 0.